The van der Waals surface area contributed by atoms with Gasteiger partial charge in [0, 0.05) is 17.6 Å². The van der Waals surface area contributed by atoms with Crippen molar-refractivity contribution in [1.29, 1.82) is 0 Å². The average Bonchev–Trinajstić information content (AvgIpc) is 2.19. The van der Waals surface area contributed by atoms with Gasteiger partial charge in [-0.15, -0.1) is 0 Å². The van der Waals surface area contributed by atoms with Gasteiger partial charge in [0.1, 0.15) is 0 Å². The highest BCUT2D eigenvalue weighted by Gasteiger charge is 2.08. The van der Waals surface area contributed by atoms with Crippen LogP contribution in [-0.4, -0.2) is 15.0 Å². The Labute approximate surface area is 84.4 Å². The van der Waals surface area contributed by atoms with Crippen molar-refractivity contribution in [3.05, 3.63) is 36.3 Å². The van der Waals surface area contributed by atoms with Gasteiger partial charge < -0.3 is 5.32 Å². The van der Waals surface area contributed by atoms with Gasteiger partial charge in [-0.25, -0.2) is 8.42 Å². The van der Waals surface area contributed by atoms with E-state index in [1.54, 1.807) is 18.2 Å². The molecule has 0 fully saturated rings. The van der Waals surface area contributed by atoms with Crippen LogP contribution >= 0.6 is 0 Å². The van der Waals surface area contributed by atoms with Crippen LogP contribution in [0.3, 0.4) is 0 Å². The number of hydrogen-bond acceptors (Lipinski definition) is 3. The molecule has 0 saturated heterocycles. The molecular formula is C10H13NO2S. The molecule has 0 atom stereocenters. The lowest BCUT2D eigenvalue weighted by molar-refractivity contribution is 0.604. The summed E-state index contributed by atoms with van der Waals surface area (Å²) < 4.78 is 22.8. The highest BCUT2D eigenvalue weighted by atomic mass is 32.2. The van der Waals surface area contributed by atoms with Crippen molar-refractivity contribution in [3.63, 3.8) is 0 Å². The van der Waals surface area contributed by atoms with Crippen LogP contribution in [0.1, 0.15) is 6.92 Å². The molecule has 1 aromatic rings. The van der Waals surface area contributed by atoms with Gasteiger partial charge in [-0.2, -0.15) is 0 Å². The van der Waals surface area contributed by atoms with Crippen molar-refractivity contribution < 1.29 is 8.42 Å². The summed E-state index contributed by atoms with van der Waals surface area (Å²) in [5.41, 5.74) is 0.801. The maximum Gasteiger partial charge on any atom is 0.199 e. The molecule has 4 heteroatoms. The van der Waals surface area contributed by atoms with Crippen LogP contribution in [0.2, 0.25) is 0 Å². The zero-order chi connectivity index (χ0) is 10.6. The normalized spacial score (nSPS) is 10.9. The highest BCUT2D eigenvalue weighted by molar-refractivity contribution is 7.94. The minimum absolute atomic E-state index is 0.269. The second-order valence-corrected chi connectivity index (χ2v) is 4.66. The molecule has 0 bridgehead atoms. The van der Waals surface area contributed by atoms with E-state index in [4.69, 9.17) is 0 Å². The number of rotatable bonds is 4. The molecule has 1 rings (SSSR count). The van der Waals surface area contributed by atoms with Gasteiger partial charge in [0.05, 0.1) is 4.90 Å². The molecule has 76 valence electrons. The van der Waals surface area contributed by atoms with Crippen molar-refractivity contribution in [2.24, 2.45) is 0 Å². The lowest BCUT2D eigenvalue weighted by atomic mass is 10.3. The number of benzene rings is 1. The summed E-state index contributed by atoms with van der Waals surface area (Å²) in [6.07, 6.45) is 0. The first-order valence-electron chi connectivity index (χ1n) is 4.31. The number of nitrogens with one attached hydrogen (secondary N) is 1. The summed E-state index contributed by atoms with van der Waals surface area (Å²) in [4.78, 5) is 0.269. The number of hydrogen-bond donors (Lipinski definition) is 1. The SMILES string of the molecule is C=CS(=O)(=O)c1cccc(NCC)c1. The fraction of sp³-hybridized carbons (Fsp3) is 0.200. The van der Waals surface area contributed by atoms with E-state index in [-0.39, 0.29) is 4.90 Å². The molecule has 14 heavy (non-hydrogen) atoms. The van der Waals surface area contributed by atoms with Crippen molar-refractivity contribution in [3.8, 4) is 0 Å². The van der Waals surface area contributed by atoms with Gasteiger partial charge in [-0.1, -0.05) is 12.6 Å². The number of sulfone groups is 1. The number of anilines is 1. The molecular weight excluding hydrogens is 198 g/mol. The Bertz CT molecular complexity index is 424. The van der Waals surface area contributed by atoms with E-state index in [2.05, 4.69) is 11.9 Å². The molecule has 0 aliphatic heterocycles. The molecule has 0 saturated carbocycles. The lowest BCUT2D eigenvalue weighted by Gasteiger charge is -2.04. The van der Waals surface area contributed by atoms with E-state index in [0.29, 0.717) is 0 Å². The van der Waals surface area contributed by atoms with E-state index < -0.39 is 9.84 Å². The van der Waals surface area contributed by atoms with Gasteiger partial charge in [-0.3, -0.25) is 0 Å². The van der Waals surface area contributed by atoms with Gasteiger partial charge in [0.2, 0.25) is 0 Å². The Morgan fingerprint density at radius 2 is 2.21 bits per heavy atom. The second kappa shape index (κ2) is 4.28. The summed E-state index contributed by atoms with van der Waals surface area (Å²) in [5.74, 6) is 0. The molecule has 0 aromatic heterocycles. The van der Waals surface area contributed by atoms with Gasteiger partial charge in [0.25, 0.3) is 0 Å². The second-order valence-electron chi connectivity index (χ2n) is 2.77. The largest absolute Gasteiger partial charge is 0.385 e. The summed E-state index contributed by atoms with van der Waals surface area (Å²) in [6.45, 7) is 5.99. The van der Waals surface area contributed by atoms with Crippen molar-refractivity contribution >= 4 is 15.5 Å². The minimum atomic E-state index is -3.32. The molecule has 0 spiro atoms. The Hall–Kier alpha value is -1.29. The minimum Gasteiger partial charge on any atom is -0.385 e. The average molecular weight is 211 g/mol. The van der Waals surface area contributed by atoms with E-state index >= 15 is 0 Å². The highest BCUT2D eigenvalue weighted by Crippen LogP contribution is 2.16. The summed E-state index contributed by atoms with van der Waals surface area (Å²) in [7, 11) is -3.32. The van der Waals surface area contributed by atoms with Crippen LogP contribution in [0.4, 0.5) is 5.69 Å². The standard InChI is InChI=1S/C10H13NO2S/c1-3-11-9-6-5-7-10(8-9)14(12,13)4-2/h4-8,11H,2-3H2,1H3. The summed E-state index contributed by atoms with van der Waals surface area (Å²) in [5, 5.41) is 4.00. The third-order valence-corrected chi connectivity index (χ3v) is 3.11. The Morgan fingerprint density at radius 3 is 2.79 bits per heavy atom. The molecule has 0 amide bonds. The molecule has 0 aliphatic rings. The molecule has 1 aromatic carbocycles. The zero-order valence-corrected chi connectivity index (χ0v) is 8.84. The first kappa shape index (κ1) is 10.8. The topological polar surface area (TPSA) is 46.2 Å². The molecule has 3 nitrogen and oxygen atoms in total. The monoisotopic (exact) mass is 211 g/mol. The van der Waals surface area contributed by atoms with Crippen LogP contribution in [-0.2, 0) is 9.84 Å². The van der Waals surface area contributed by atoms with Crippen LogP contribution in [0.25, 0.3) is 0 Å². The predicted octanol–water partition coefficient (Wildman–Crippen LogP) is 2.04. The molecule has 1 N–H and O–H groups in total. The van der Waals surface area contributed by atoms with Crippen molar-refractivity contribution in [2.45, 2.75) is 11.8 Å². The maximum atomic E-state index is 11.4. The van der Waals surface area contributed by atoms with Crippen LogP contribution in [0, 0.1) is 0 Å². The smallest absolute Gasteiger partial charge is 0.199 e. The molecule has 0 radical (unpaired) electrons. The van der Waals surface area contributed by atoms with Gasteiger partial charge >= 0.3 is 0 Å². The van der Waals surface area contributed by atoms with E-state index in [0.717, 1.165) is 17.6 Å². The zero-order valence-electron chi connectivity index (χ0n) is 8.03. The first-order valence-corrected chi connectivity index (χ1v) is 5.86. The maximum absolute atomic E-state index is 11.4. The predicted molar refractivity (Wildman–Crippen MR) is 58.0 cm³/mol. The third kappa shape index (κ3) is 2.35. The van der Waals surface area contributed by atoms with Gasteiger partial charge in [0.15, 0.2) is 9.84 Å². The van der Waals surface area contributed by atoms with Crippen LogP contribution in [0.5, 0.6) is 0 Å². The fourth-order valence-corrected chi connectivity index (χ4v) is 1.84. The molecule has 0 aliphatic carbocycles. The van der Waals surface area contributed by atoms with Gasteiger partial charge in [-0.05, 0) is 25.1 Å². The molecule has 0 heterocycles. The summed E-state index contributed by atoms with van der Waals surface area (Å²) in [6, 6.07) is 6.68. The van der Waals surface area contributed by atoms with E-state index in [1.807, 2.05) is 13.0 Å². The Morgan fingerprint density at radius 1 is 1.50 bits per heavy atom. The quantitative estimate of drug-likeness (QED) is 0.829. The van der Waals surface area contributed by atoms with E-state index in [9.17, 15) is 8.42 Å². The Balaban J connectivity index is 3.12. The Kier molecular flexibility index (Phi) is 3.30. The fourth-order valence-electron chi connectivity index (χ4n) is 1.08. The van der Waals surface area contributed by atoms with Crippen LogP contribution in [0.15, 0.2) is 41.1 Å². The third-order valence-electron chi connectivity index (χ3n) is 1.76. The van der Waals surface area contributed by atoms with Crippen LogP contribution < -0.4 is 5.32 Å². The molecule has 0 unspecified atom stereocenters. The van der Waals surface area contributed by atoms with E-state index in [1.165, 1.54) is 0 Å². The van der Waals surface area contributed by atoms with Crippen molar-refractivity contribution in [1.82, 2.24) is 0 Å². The summed E-state index contributed by atoms with van der Waals surface area (Å²) >= 11 is 0. The van der Waals surface area contributed by atoms with Crippen molar-refractivity contribution in [2.75, 3.05) is 11.9 Å². The first-order chi connectivity index (χ1) is 6.60. The lowest BCUT2D eigenvalue weighted by Crippen LogP contribution is -1.99.